The monoisotopic (exact) mass is 301 g/mol. The molecule has 1 saturated carbocycles. The Kier molecular flexibility index (Phi) is 3.80. The van der Waals surface area contributed by atoms with Crippen molar-refractivity contribution < 1.29 is 14.3 Å². The molecule has 19 heavy (non-hydrogen) atoms. The molecular weight excluding hydrogens is 286 g/mol. The van der Waals surface area contributed by atoms with E-state index in [2.05, 4.69) is 5.32 Å². The van der Waals surface area contributed by atoms with Crippen molar-refractivity contribution in [1.82, 2.24) is 5.32 Å². The molecule has 1 aromatic rings. The van der Waals surface area contributed by atoms with Gasteiger partial charge in [0.25, 0.3) is 5.91 Å². The number of ether oxygens (including phenoxy) is 2. The van der Waals surface area contributed by atoms with E-state index in [1.807, 2.05) is 0 Å². The molecule has 1 aliphatic carbocycles. The number of halogens is 1. The summed E-state index contributed by atoms with van der Waals surface area (Å²) in [5.74, 6) is -0.404. The summed E-state index contributed by atoms with van der Waals surface area (Å²) in [4.78, 5) is 12.7. The van der Waals surface area contributed by atoms with Gasteiger partial charge in [-0.3, -0.25) is 4.79 Å². The van der Waals surface area contributed by atoms with Crippen molar-refractivity contribution in [3.05, 3.63) is 21.3 Å². The minimum Gasteiger partial charge on any atom is -0.349 e. The molecule has 1 aromatic heterocycles. The van der Waals surface area contributed by atoms with Crippen molar-refractivity contribution in [3.63, 3.8) is 0 Å². The molecule has 0 radical (unpaired) electrons. The predicted octanol–water partition coefficient (Wildman–Crippen LogP) is 2.82. The van der Waals surface area contributed by atoms with Gasteiger partial charge in [0.1, 0.15) is 0 Å². The first-order valence-electron chi connectivity index (χ1n) is 6.51. The summed E-state index contributed by atoms with van der Waals surface area (Å²) in [5, 5.41) is 3.06. The molecule has 0 bridgehead atoms. The average Bonchev–Trinajstić information content (AvgIpc) is 3.02. The smallest absolute Gasteiger partial charge is 0.261 e. The van der Waals surface area contributed by atoms with Gasteiger partial charge in [-0.1, -0.05) is 11.6 Å². The van der Waals surface area contributed by atoms with E-state index in [0.29, 0.717) is 22.4 Å². The second-order valence-corrected chi connectivity index (χ2v) is 6.67. The first kappa shape index (κ1) is 13.4. The van der Waals surface area contributed by atoms with Crippen LogP contribution in [0.15, 0.2) is 12.1 Å². The van der Waals surface area contributed by atoms with Gasteiger partial charge in [0, 0.05) is 18.9 Å². The molecular formula is C13H16ClNO3S. The summed E-state index contributed by atoms with van der Waals surface area (Å²) in [7, 11) is 0. The highest BCUT2D eigenvalue weighted by Gasteiger charge is 2.40. The maximum atomic E-state index is 12.0. The van der Waals surface area contributed by atoms with Crippen LogP contribution in [0.25, 0.3) is 0 Å². The Labute approximate surface area is 121 Å². The fraction of sp³-hybridized carbons (Fsp3) is 0.615. The standard InChI is InChI=1S/C13H16ClNO3S/c14-11-2-1-10(19-11)12(16)15-9-3-5-13(6-4-9)17-7-8-18-13/h1-2,9H,3-8H2,(H,15,16). The Morgan fingerprint density at radius 3 is 2.58 bits per heavy atom. The first-order chi connectivity index (χ1) is 9.17. The molecule has 0 unspecified atom stereocenters. The van der Waals surface area contributed by atoms with Crippen LogP contribution >= 0.6 is 22.9 Å². The highest BCUT2D eigenvalue weighted by molar-refractivity contribution is 7.17. The van der Waals surface area contributed by atoms with Gasteiger partial charge in [-0.2, -0.15) is 0 Å². The van der Waals surface area contributed by atoms with Gasteiger partial charge >= 0.3 is 0 Å². The number of hydrogen-bond donors (Lipinski definition) is 1. The molecule has 2 heterocycles. The molecule has 1 spiro atoms. The van der Waals surface area contributed by atoms with Crippen molar-refractivity contribution in [2.45, 2.75) is 37.5 Å². The lowest BCUT2D eigenvalue weighted by molar-refractivity contribution is -0.179. The average molecular weight is 302 g/mol. The maximum Gasteiger partial charge on any atom is 0.261 e. The van der Waals surface area contributed by atoms with Crippen LogP contribution in [0.4, 0.5) is 0 Å². The van der Waals surface area contributed by atoms with Gasteiger partial charge in [-0.05, 0) is 25.0 Å². The van der Waals surface area contributed by atoms with Gasteiger partial charge in [-0.15, -0.1) is 11.3 Å². The summed E-state index contributed by atoms with van der Waals surface area (Å²) in [6.07, 6.45) is 3.49. The van der Waals surface area contributed by atoms with E-state index < -0.39 is 0 Å². The first-order valence-corrected chi connectivity index (χ1v) is 7.70. The molecule has 1 N–H and O–H groups in total. The Balaban J connectivity index is 1.53. The summed E-state index contributed by atoms with van der Waals surface area (Å²) < 4.78 is 12.0. The van der Waals surface area contributed by atoms with Crippen LogP contribution in [0, 0.1) is 0 Å². The van der Waals surface area contributed by atoms with Crippen LogP contribution in [0.2, 0.25) is 4.34 Å². The van der Waals surface area contributed by atoms with Crippen LogP contribution in [0.5, 0.6) is 0 Å². The number of carbonyl (C=O) groups excluding carboxylic acids is 1. The van der Waals surface area contributed by atoms with Gasteiger partial charge in [-0.25, -0.2) is 0 Å². The fourth-order valence-corrected chi connectivity index (χ4v) is 3.63. The lowest BCUT2D eigenvalue weighted by Gasteiger charge is -2.35. The second kappa shape index (κ2) is 5.40. The van der Waals surface area contributed by atoms with Crippen molar-refractivity contribution in [2.24, 2.45) is 0 Å². The lowest BCUT2D eigenvalue weighted by atomic mass is 9.90. The third kappa shape index (κ3) is 2.94. The normalized spacial score (nSPS) is 22.8. The SMILES string of the molecule is O=C(NC1CCC2(CC1)OCCO2)c1ccc(Cl)s1. The summed E-state index contributed by atoms with van der Waals surface area (Å²) in [6.45, 7) is 1.37. The molecule has 0 atom stereocenters. The summed E-state index contributed by atoms with van der Waals surface area (Å²) in [5.41, 5.74) is 0. The molecule has 104 valence electrons. The van der Waals surface area contributed by atoms with Gasteiger partial charge in [0.15, 0.2) is 5.79 Å². The molecule has 1 aliphatic heterocycles. The van der Waals surface area contributed by atoms with Crippen molar-refractivity contribution in [3.8, 4) is 0 Å². The highest BCUT2D eigenvalue weighted by atomic mass is 35.5. The molecule has 1 saturated heterocycles. The zero-order valence-electron chi connectivity index (χ0n) is 10.5. The van der Waals surface area contributed by atoms with Crippen LogP contribution in [0.1, 0.15) is 35.4 Å². The largest absolute Gasteiger partial charge is 0.349 e. The van der Waals surface area contributed by atoms with Crippen LogP contribution in [0.3, 0.4) is 0 Å². The lowest BCUT2D eigenvalue weighted by Crippen LogP contribution is -2.43. The number of nitrogens with one attached hydrogen (secondary N) is 1. The predicted molar refractivity (Wildman–Crippen MR) is 73.7 cm³/mol. The van der Waals surface area contributed by atoms with E-state index in [1.165, 1.54) is 11.3 Å². The molecule has 0 aromatic carbocycles. The second-order valence-electron chi connectivity index (χ2n) is 4.96. The van der Waals surface area contributed by atoms with Crippen molar-refractivity contribution >= 4 is 28.8 Å². The third-order valence-electron chi connectivity index (χ3n) is 3.69. The molecule has 4 nitrogen and oxygen atoms in total. The zero-order chi connectivity index (χ0) is 13.3. The Hall–Kier alpha value is -0.620. The minimum atomic E-state index is -0.368. The van der Waals surface area contributed by atoms with Crippen LogP contribution in [-0.4, -0.2) is 30.9 Å². The molecule has 2 fully saturated rings. The number of thiophene rings is 1. The van der Waals surface area contributed by atoms with Gasteiger partial charge in [0.05, 0.1) is 22.4 Å². The van der Waals surface area contributed by atoms with Crippen molar-refractivity contribution in [2.75, 3.05) is 13.2 Å². The Morgan fingerprint density at radius 2 is 2.00 bits per heavy atom. The van der Waals surface area contributed by atoms with E-state index >= 15 is 0 Å². The maximum absolute atomic E-state index is 12.0. The van der Waals surface area contributed by atoms with Crippen LogP contribution in [-0.2, 0) is 9.47 Å². The number of carbonyl (C=O) groups is 1. The number of rotatable bonds is 2. The molecule has 2 aliphatic rings. The van der Waals surface area contributed by atoms with Crippen LogP contribution < -0.4 is 5.32 Å². The topological polar surface area (TPSA) is 47.6 Å². The van der Waals surface area contributed by atoms with E-state index in [0.717, 1.165) is 25.7 Å². The van der Waals surface area contributed by atoms with Gasteiger partial charge < -0.3 is 14.8 Å². The number of hydrogen-bond acceptors (Lipinski definition) is 4. The quantitative estimate of drug-likeness (QED) is 0.914. The summed E-state index contributed by atoms with van der Waals surface area (Å²) >= 11 is 7.14. The Bertz CT molecular complexity index is 460. The molecule has 1 amide bonds. The minimum absolute atomic E-state index is 0.0360. The number of amides is 1. The van der Waals surface area contributed by atoms with Crippen molar-refractivity contribution in [1.29, 1.82) is 0 Å². The van der Waals surface area contributed by atoms with E-state index in [1.54, 1.807) is 12.1 Å². The zero-order valence-corrected chi connectivity index (χ0v) is 12.1. The van der Waals surface area contributed by atoms with Gasteiger partial charge in [0.2, 0.25) is 0 Å². The molecule has 6 heteroatoms. The third-order valence-corrected chi connectivity index (χ3v) is 4.92. The summed E-state index contributed by atoms with van der Waals surface area (Å²) in [6, 6.07) is 3.71. The van der Waals surface area contributed by atoms with E-state index in [4.69, 9.17) is 21.1 Å². The Morgan fingerprint density at radius 1 is 1.32 bits per heavy atom. The highest BCUT2D eigenvalue weighted by Crippen LogP contribution is 2.35. The fourth-order valence-electron chi connectivity index (χ4n) is 2.68. The van der Waals surface area contributed by atoms with E-state index in [-0.39, 0.29) is 17.7 Å². The van der Waals surface area contributed by atoms with E-state index in [9.17, 15) is 4.79 Å². The molecule has 3 rings (SSSR count).